The number of carbonyl (C=O) groups is 4. The molecule has 0 bridgehead atoms. The third kappa shape index (κ3) is 7.76. The van der Waals surface area contributed by atoms with Crippen molar-refractivity contribution in [1.82, 2.24) is 35.4 Å². The molecule has 2 aliphatic rings. The Hall–Kier alpha value is -1.39. The maximum atomic E-state index is 13.5. The predicted octanol–water partition coefficient (Wildman–Crippen LogP) is -5.27. The zero-order valence-corrected chi connectivity index (χ0v) is 30.8. The predicted molar refractivity (Wildman–Crippen MR) is 156 cm³/mol. The van der Waals surface area contributed by atoms with Crippen LogP contribution in [-0.4, -0.2) is 105 Å². The first-order chi connectivity index (χ1) is 20.1. The van der Waals surface area contributed by atoms with E-state index < -0.39 is 45.8 Å². The molecular weight excluding hydrogens is 675 g/mol. The van der Waals surface area contributed by atoms with E-state index in [0.29, 0.717) is 15.7 Å². The van der Waals surface area contributed by atoms with Gasteiger partial charge in [-0.25, -0.2) is 14.5 Å². The molecule has 5 rings (SSSR count). The first-order valence-electron chi connectivity index (χ1n) is 12.3. The normalized spacial score (nSPS) is 21.2. The van der Waals surface area contributed by atoms with E-state index in [9.17, 15) is 34.5 Å². The van der Waals surface area contributed by atoms with Crippen LogP contribution in [0.1, 0.15) is 24.2 Å². The van der Waals surface area contributed by atoms with Gasteiger partial charge in [0, 0.05) is 28.3 Å². The van der Waals surface area contributed by atoms with Crippen LogP contribution in [0.2, 0.25) is 0 Å². The van der Waals surface area contributed by atoms with E-state index in [1.54, 1.807) is 23.6 Å². The van der Waals surface area contributed by atoms with Crippen molar-refractivity contribution in [3.63, 3.8) is 0 Å². The fourth-order valence-electron chi connectivity index (χ4n) is 4.41. The molecule has 15 nitrogen and oxygen atoms in total. The minimum atomic E-state index is -1.29. The van der Waals surface area contributed by atoms with Gasteiger partial charge in [0.1, 0.15) is 22.1 Å². The number of thiazole rings is 1. The Kier molecular flexibility index (Phi) is 13.4. The number of β-lactam (4-membered cyclic amide) rings is 1. The second-order valence-electron chi connectivity index (χ2n) is 9.35. The molecular formula is C23H26N8Na2O7S4. The fraction of sp³-hybridized carbons (Fsp3) is 0.391. The van der Waals surface area contributed by atoms with Gasteiger partial charge in [0.15, 0.2) is 5.13 Å². The SMILES string of the molecule is Nc1nc(C(Sc2ccccc2C(=O)O)C(=O)NC2C(=O)N3CC(CSc4nnnn4CCO)(C(=O)O)CS[C@H]23)cs1.[H-].[H-].[Na+].[Na+]. The zero-order valence-electron chi connectivity index (χ0n) is 25.5. The van der Waals surface area contributed by atoms with Crippen LogP contribution in [-0.2, 0) is 20.9 Å². The van der Waals surface area contributed by atoms with Crippen LogP contribution in [0.4, 0.5) is 5.13 Å². The molecule has 2 aromatic heterocycles. The number of aromatic carboxylic acids is 1. The quantitative estimate of drug-likeness (QED) is 0.0676. The summed E-state index contributed by atoms with van der Waals surface area (Å²) in [4.78, 5) is 56.9. The average Bonchev–Trinajstić information content (AvgIpc) is 3.61. The number of nitrogens with zero attached hydrogens (tertiary/aromatic N) is 6. The number of nitrogen functional groups attached to an aromatic ring is 1. The molecule has 2 fully saturated rings. The van der Waals surface area contributed by atoms with E-state index >= 15 is 0 Å². The van der Waals surface area contributed by atoms with Gasteiger partial charge in [-0.05, 0) is 22.6 Å². The Morgan fingerprint density at radius 1 is 1.25 bits per heavy atom. The third-order valence-electron chi connectivity index (χ3n) is 6.59. The Labute approximate surface area is 314 Å². The number of aliphatic hydroxyl groups is 1. The molecule has 1 aromatic carbocycles. The smallest absolute Gasteiger partial charge is 1.00 e. The number of carboxylic acids is 2. The van der Waals surface area contributed by atoms with E-state index in [1.165, 1.54) is 27.4 Å². The van der Waals surface area contributed by atoms with Gasteiger partial charge in [0.2, 0.25) is 17.0 Å². The number of hydrogen-bond donors (Lipinski definition) is 5. The van der Waals surface area contributed by atoms with Crippen molar-refractivity contribution in [2.75, 3.05) is 30.4 Å². The van der Waals surface area contributed by atoms with Gasteiger partial charge < -0.3 is 34.1 Å². The maximum Gasteiger partial charge on any atom is 1.00 e. The van der Waals surface area contributed by atoms with Gasteiger partial charge in [-0.3, -0.25) is 14.4 Å². The van der Waals surface area contributed by atoms with Crippen LogP contribution in [0, 0.1) is 5.41 Å². The minimum absolute atomic E-state index is 0. The number of tetrazole rings is 1. The molecule has 3 unspecified atom stereocenters. The number of anilines is 1. The van der Waals surface area contributed by atoms with Crippen LogP contribution in [0.3, 0.4) is 0 Å². The topological polar surface area (TPSA) is 227 Å². The van der Waals surface area contributed by atoms with Crippen molar-refractivity contribution >= 4 is 75.5 Å². The van der Waals surface area contributed by atoms with E-state index in [4.69, 9.17) is 5.73 Å². The summed E-state index contributed by atoms with van der Waals surface area (Å²) in [6, 6.07) is 5.36. The number of aliphatic carboxylic acids is 1. The van der Waals surface area contributed by atoms with E-state index in [0.717, 1.165) is 34.9 Å². The molecule has 3 aromatic rings. The largest absolute Gasteiger partial charge is 1.00 e. The van der Waals surface area contributed by atoms with Crippen molar-refractivity contribution < 1.29 is 96.5 Å². The Morgan fingerprint density at radius 2 is 2.00 bits per heavy atom. The maximum absolute atomic E-state index is 13.5. The second-order valence-corrected chi connectivity index (χ2v) is 13.4. The molecule has 6 N–H and O–H groups in total. The minimum Gasteiger partial charge on any atom is -1.00 e. The Bertz CT molecular complexity index is 1540. The van der Waals surface area contributed by atoms with Gasteiger partial charge in [-0.15, -0.1) is 40.0 Å². The van der Waals surface area contributed by atoms with Crippen LogP contribution in [0.25, 0.3) is 0 Å². The van der Waals surface area contributed by atoms with E-state index in [2.05, 4.69) is 25.8 Å². The summed E-state index contributed by atoms with van der Waals surface area (Å²) in [5, 5.41) is 43.6. The number of nitrogens with one attached hydrogen (secondary N) is 1. The van der Waals surface area contributed by atoms with Crippen molar-refractivity contribution in [2.45, 2.75) is 33.3 Å². The molecule has 2 amide bonds. The summed E-state index contributed by atoms with van der Waals surface area (Å²) in [7, 11) is 0. The van der Waals surface area contributed by atoms with Gasteiger partial charge >= 0.3 is 71.1 Å². The molecule has 4 heterocycles. The molecule has 2 saturated heterocycles. The summed E-state index contributed by atoms with van der Waals surface area (Å²) in [5.41, 5.74) is 4.86. The molecule has 0 saturated carbocycles. The van der Waals surface area contributed by atoms with Crippen molar-refractivity contribution in [1.29, 1.82) is 0 Å². The summed E-state index contributed by atoms with van der Waals surface area (Å²) in [5.74, 6) is -2.94. The molecule has 4 atom stereocenters. The Balaban J connectivity index is 0.00000264. The molecule has 21 heteroatoms. The number of benzene rings is 1. The van der Waals surface area contributed by atoms with Gasteiger partial charge in [-0.2, -0.15) is 0 Å². The van der Waals surface area contributed by atoms with Crippen molar-refractivity contribution in [3.05, 3.63) is 40.9 Å². The number of aromatic nitrogens is 5. The number of carboxylic acid groups (broad SMARTS) is 2. The standard InChI is InChI=1S/C23H24N8O7S4.2Na.2H/c24-21-25-12(7-39-21)15(42-13-4-2-1-3-11(13)19(35)36)16(33)26-14-17(34)30-8-23(20(37)38,9-40-18(14)30)10-41-22-27-28-29-31(22)5-6-32;;;;/h1-4,7,14-15,18,32H,5-6,8-10H2,(H2,24,25)(H,26,33)(H,35,36)(H,37,38);;;;/q;2*+1;2*-1/t14?,15?,18-,23?;;;;/m1..../s1. The monoisotopic (exact) mass is 700 g/mol. The third-order valence-corrected chi connectivity index (χ3v) is 11.4. The van der Waals surface area contributed by atoms with Gasteiger partial charge in [-0.1, -0.05) is 23.9 Å². The summed E-state index contributed by atoms with van der Waals surface area (Å²) in [6.45, 7) is -0.0870. The number of fused-ring (bicyclic) bond motifs is 1. The average molecular weight is 701 g/mol. The summed E-state index contributed by atoms with van der Waals surface area (Å²) in [6.07, 6.45) is 0. The number of rotatable bonds is 12. The van der Waals surface area contributed by atoms with Crippen molar-refractivity contribution in [2.24, 2.45) is 5.41 Å². The van der Waals surface area contributed by atoms with Crippen LogP contribution >= 0.6 is 46.6 Å². The Morgan fingerprint density at radius 3 is 2.66 bits per heavy atom. The first-order valence-corrected chi connectivity index (χ1v) is 16.1. The number of thioether (sulfide) groups is 3. The molecule has 226 valence electrons. The van der Waals surface area contributed by atoms with Gasteiger partial charge in [0.25, 0.3) is 0 Å². The van der Waals surface area contributed by atoms with Gasteiger partial charge in [0.05, 0.1) is 24.4 Å². The van der Waals surface area contributed by atoms with Crippen LogP contribution in [0.5, 0.6) is 0 Å². The fourth-order valence-corrected chi connectivity index (χ4v) is 8.96. The molecule has 0 aliphatic carbocycles. The number of carbonyl (C=O) groups excluding carboxylic acids is 2. The van der Waals surface area contributed by atoms with Crippen LogP contribution < -0.4 is 70.2 Å². The first kappa shape index (κ1) is 37.1. The van der Waals surface area contributed by atoms with Crippen LogP contribution in [0.15, 0.2) is 39.7 Å². The van der Waals surface area contributed by atoms with E-state index in [1.807, 2.05) is 0 Å². The van der Waals surface area contributed by atoms with E-state index in [-0.39, 0.29) is 104 Å². The summed E-state index contributed by atoms with van der Waals surface area (Å²) >= 11 is 4.50. The number of hydrogen-bond acceptors (Lipinski definition) is 14. The second kappa shape index (κ2) is 15.9. The molecule has 0 spiro atoms. The van der Waals surface area contributed by atoms with Crippen molar-refractivity contribution in [3.8, 4) is 0 Å². The summed E-state index contributed by atoms with van der Waals surface area (Å²) < 4.78 is 1.37. The number of amides is 2. The number of aliphatic hydroxyl groups excluding tert-OH is 1. The number of nitrogens with two attached hydrogens (primary N) is 1. The zero-order chi connectivity index (χ0) is 30.0. The molecule has 0 radical (unpaired) electrons. The molecule has 2 aliphatic heterocycles. The molecule has 44 heavy (non-hydrogen) atoms.